The summed E-state index contributed by atoms with van der Waals surface area (Å²) < 4.78 is 29.4. The van der Waals surface area contributed by atoms with Crippen LogP contribution in [0.2, 0.25) is 0 Å². The molecule has 10 heteroatoms. The number of aryl methyl sites for hydroxylation is 3. The van der Waals surface area contributed by atoms with Crippen molar-refractivity contribution in [2.75, 3.05) is 36.4 Å². The molecule has 9 nitrogen and oxygen atoms in total. The predicted octanol–water partition coefficient (Wildman–Crippen LogP) is 1.52. The normalized spacial score (nSPS) is 15.1. The molecule has 2 aromatic heterocycles. The third kappa shape index (κ3) is 4.61. The zero-order chi connectivity index (χ0) is 20.3. The van der Waals surface area contributed by atoms with E-state index in [1.54, 1.807) is 25.6 Å². The Hall–Kier alpha value is -2.20. The molecular formula is C18H29N7O2S. The Balaban J connectivity index is 1.60. The maximum atomic E-state index is 12.6. The fraction of sp³-hybridized carbons (Fsp3) is 0.611. The van der Waals surface area contributed by atoms with Crippen molar-refractivity contribution in [2.45, 2.75) is 44.9 Å². The highest BCUT2D eigenvalue weighted by Gasteiger charge is 2.23. The average Bonchev–Trinajstić information content (AvgIpc) is 2.91. The smallest absolute Gasteiger partial charge is 0.244 e. The molecule has 0 unspecified atom stereocenters. The Morgan fingerprint density at radius 1 is 1.07 bits per heavy atom. The summed E-state index contributed by atoms with van der Waals surface area (Å²) in [7, 11) is -1.87. The maximum absolute atomic E-state index is 12.6. The monoisotopic (exact) mass is 407 g/mol. The van der Waals surface area contributed by atoms with Crippen LogP contribution in [0, 0.1) is 20.8 Å². The maximum Gasteiger partial charge on any atom is 0.244 e. The summed E-state index contributed by atoms with van der Waals surface area (Å²) in [5, 5.41) is 7.37. The number of rotatable bonds is 7. The molecule has 0 bridgehead atoms. The van der Waals surface area contributed by atoms with E-state index >= 15 is 0 Å². The lowest BCUT2D eigenvalue weighted by atomic mass is 10.1. The van der Waals surface area contributed by atoms with Crippen LogP contribution >= 0.6 is 0 Å². The van der Waals surface area contributed by atoms with Gasteiger partial charge >= 0.3 is 0 Å². The molecule has 2 N–H and O–H groups in total. The number of nitrogens with one attached hydrogen (secondary N) is 2. The molecule has 154 valence electrons. The van der Waals surface area contributed by atoms with Gasteiger partial charge in [0, 0.05) is 39.3 Å². The number of aromatic nitrogens is 4. The molecule has 0 radical (unpaired) electrons. The summed E-state index contributed by atoms with van der Waals surface area (Å²) in [5.74, 6) is 2.34. The van der Waals surface area contributed by atoms with Crippen LogP contribution in [-0.2, 0) is 17.1 Å². The van der Waals surface area contributed by atoms with Gasteiger partial charge in [0.2, 0.25) is 10.0 Å². The molecule has 28 heavy (non-hydrogen) atoms. The summed E-state index contributed by atoms with van der Waals surface area (Å²) in [5.41, 5.74) is 1.12. The van der Waals surface area contributed by atoms with Crippen molar-refractivity contribution < 1.29 is 8.42 Å². The third-order valence-electron chi connectivity index (χ3n) is 4.94. The molecule has 3 rings (SSSR count). The molecule has 1 aliphatic rings. The van der Waals surface area contributed by atoms with Gasteiger partial charge in [0.05, 0.1) is 11.4 Å². The van der Waals surface area contributed by atoms with Crippen LogP contribution in [-0.4, -0.2) is 54.3 Å². The van der Waals surface area contributed by atoms with Gasteiger partial charge in [-0.3, -0.25) is 4.68 Å². The third-order valence-corrected chi connectivity index (χ3v) is 6.65. The first-order chi connectivity index (χ1) is 13.3. The minimum absolute atomic E-state index is 0.248. The first kappa shape index (κ1) is 20.5. The van der Waals surface area contributed by atoms with E-state index in [0.717, 1.165) is 18.9 Å². The van der Waals surface area contributed by atoms with Crippen molar-refractivity contribution in [1.82, 2.24) is 24.5 Å². The summed E-state index contributed by atoms with van der Waals surface area (Å²) >= 11 is 0. The Kier molecular flexibility index (Phi) is 6.19. The van der Waals surface area contributed by atoms with Crippen LogP contribution in [0.15, 0.2) is 11.0 Å². The molecule has 1 fully saturated rings. The van der Waals surface area contributed by atoms with Crippen LogP contribution in [0.3, 0.4) is 0 Å². The van der Waals surface area contributed by atoms with E-state index < -0.39 is 10.0 Å². The topological polar surface area (TPSA) is 105 Å². The Morgan fingerprint density at radius 3 is 2.43 bits per heavy atom. The van der Waals surface area contributed by atoms with Gasteiger partial charge < -0.3 is 10.2 Å². The van der Waals surface area contributed by atoms with Crippen molar-refractivity contribution in [1.29, 1.82) is 0 Å². The molecule has 1 saturated heterocycles. The quantitative estimate of drug-likeness (QED) is 0.670. The average molecular weight is 408 g/mol. The Bertz CT molecular complexity index is 934. The summed E-state index contributed by atoms with van der Waals surface area (Å²) in [6, 6.07) is 1.93. The molecule has 0 atom stereocenters. The molecule has 0 saturated carbocycles. The van der Waals surface area contributed by atoms with Crippen molar-refractivity contribution >= 4 is 21.7 Å². The lowest BCUT2D eigenvalue weighted by Gasteiger charge is -2.28. The van der Waals surface area contributed by atoms with Crippen LogP contribution in [0.1, 0.15) is 36.5 Å². The number of hydrogen-bond acceptors (Lipinski definition) is 7. The fourth-order valence-corrected chi connectivity index (χ4v) is 4.98. The van der Waals surface area contributed by atoms with Crippen molar-refractivity contribution in [2.24, 2.45) is 7.05 Å². The van der Waals surface area contributed by atoms with E-state index in [1.807, 2.05) is 13.0 Å². The second-order valence-corrected chi connectivity index (χ2v) is 8.86. The number of nitrogens with zero attached hydrogens (tertiary/aromatic N) is 5. The Morgan fingerprint density at radius 2 is 1.79 bits per heavy atom. The summed E-state index contributed by atoms with van der Waals surface area (Å²) in [6.45, 7) is 8.02. The molecule has 3 heterocycles. The van der Waals surface area contributed by atoms with Crippen molar-refractivity contribution in [3.05, 3.63) is 23.3 Å². The van der Waals surface area contributed by atoms with Gasteiger partial charge in [0.1, 0.15) is 22.4 Å². The molecule has 0 aliphatic carbocycles. The SMILES string of the molecule is Cc1nc(NCCNS(=O)(=O)c2c(C)nn(C)c2C)cc(N2CCCCC2)n1. The van der Waals surface area contributed by atoms with E-state index in [0.29, 0.717) is 29.6 Å². The largest absolute Gasteiger partial charge is 0.369 e. The summed E-state index contributed by atoms with van der Waals surface area (Å²) in [4.78, 5) is 11.5. The lowest BCUT2D eigenvalue weighted by molar-refractivity contribution is 0.572. The molecule has 0 spiro atoms. The molecule has 1 aliphatic heterocycles. The van der Waals surface area contributed by atoms with Crippen LogP contribution in [0.25, 0.3) is 0 Å². The molecule has 2 aromatic rings. The van der Waals surface area contributed by atoms with Gasteiger partial charge in [-0.05, 0) is 40.0 Å². The van der Waals surface area contributed by atoms with E-state index in [2.05, 4.69) is 30.0 Å². The van der Waals surface area contributed by atoms with Gasteiger partial charge in [0.25, 0.3) is 0 Å². The highest BCUT2D eigenvalue weighted by atomic mass is 32.2. The minimum atomic E-state index is -3.60. The second kappa shape index (κ2) is 8.44. The number of hydrogen-bond donors (Lipinski definition) is 2. The van der Waals surface area contributed by atoms with E-state index in [-0.39, 0.29) is 11.4 Å². The molecule has 0 aromatic carbocycles. The second-order valence-electron chi connectivity index (χ2n) is 7.15. The predicted molar refractivity (Wildman–Crippen MR) is 109 cm³/mol. The molecular weight excluding hydrogens is 378 g/mol. The first-order valence-corrected chi connectivity index (χ1v) is 11.1. The van der Waals surface area contributed by atoms with Crippen molar-refractivity contribution in [3.8, 4) is 0 Å². The van der Waals surface area contributed by atoms with Crippen LogP contribution in [0.4, 0.5) is 11.6 Å². The van der Waals surface area contributed by atoms with Gasteiger partial charge in [-0.15, -0.1) is 0 Å². The molecule has 0 amide bonds. The van der Waals surface area contributed by atoms with E-state index in [4.69, 9.17) is 0 Å². The first-order valence-electron chi connectivity index (χ1n) is 9.62. The highest BCUT2D eigenvalue weighted by molar-refractivity contribution is 7.89. The van der Waals surface area contributed by atoms with Gasteiger partial charge in [0.15, 0.2) is 0 Å². The minimum Gasteiger partial charge on any atom is -0.369 e. The summed E-state index contributed by atoms with van der Waals surface area (Å²) in [6.07, 6.45) is 3.63. The van der Waals surface area contributed by atoms with Gasteiger partial charge in [-0.2, -0.15) is 5.10 Å². The highest BCUT2D eigenvalue weighted by Crippen LogP contribution is 2.20. The lowest BCUT2D eigenvalue weighted by Crippen LogP contribution is -2.31. The number of piperidine rings is 1. The van der Waals surface area contributed by atoms with Gasteiger partial charge in [-0.1, -0.05) is 0 Å². The zero-order valence-corrected chi connectivity index (χ0v) is 17.8. The standard InChI is InChI=1S/C18H29N7O2S/c1-13-18(14(2)24(4)23-13)28(26,27)20-9-8-19-16-12-17(22-15(3)21-16)25-10-6-5-7-11-25/h12,20H,5-11H2,1-4H3,(H,19,21,22). The fourth-order valence-electron chi connectivity index (χ4n) is 3.52. The van der Waals surface area contributed by atoms with E-state index in [9.17, 15) is 8.42 Å². The Labute approximate surface area is 166 Å². The van der Waals surface area contributed by atoms with Crippen molar-refractivity contribution in [3.63, 3.8) is 0 Å². The van der Waals surface area contributed by atoms with E-state index in [1.165, 1.54) is 19.3 Å². The zero-order valence-electron chi connectivity index (χ0n) is 17.0. The number of anilines is 2. The number of sulfonamides is 1. The van der Waals surface area contributed by atoms with Crippen LogP contribution in [0.5, 0.6) is 0 Å². The van der Waals surface area contributed by atoms with Crippen LogP contribution < -0.4 is 14.9 Å². The van der Waals surface area contributed by atoms with Gasteiger partial charge in [-0.25, -0.2) is 23.1 Å².